The average molecular weight is 554 g/mol. The van der Waals surface area contributed by atoms with Crippen LogP contribution in [0.15, 0.2) is 60.8 Å². The molecule has 1 saturated heterocycles. The fourth-order valence-corrected chi connectivity index (χ4v) is 5.19. The van der Waals surface area contributed by atoms with E-state index in [1.54, 1.807) is 36.5 Å². The van der Waals surface area contributed by atoms with Gasteiger partial charge in [0.05, 0.1) is 47.4 Å². The van der Waals surface area contributed by atoms with Gasteiger partial charge in [-0.2, -0.15) is 5.26 Å². The molecule has 0 aliphatic carbocycles. The van der Waals surface area contributed by atoms with Crippen molar-refractivity contribution in [3.8, 4) is 11.9 Å². The van der Waals surface area contributed by atoms with E-state index in [1.807, 2.05) is 18.2 Å². The number of imidazole rings is 1. The van der Waals surface area contributed by atoms with E-state index in [0.29, 0.717) is 31.1 Å². The van der Waals surface area contributed by atoms with E-state index in [0.717, 1.165) is 54.0 Å². The number of carbonyl (C=O) groups is 1. The highest BCUT2D eigenvalue weighted by molar-refractivity contribution is 5.92. The minimum absolute atomic E-state index is 0.00544. The van der Waals surface area contributed by atoms with Crippen LogP contribution < -0.4 is 4.74 Å². The molecule has 2 aromatic heterocycles. The zero-order valence-electron chi connectivity index (χ0n) is 22.3. The molecule has 10 heteroatoms. The Morgan fingerprint density at radius 3 is 2.83 bits per heavy atom. The zero-order valence-corrected chi connectivity index (χ0v) is 22.3. The van der Waals surface area contributed by atoms with Crippen LogP contribution in [0.3, 0.4) is 0 Å². The molecule has 2 aliphatic heterocycles. The van der Waals surface area contributed by atoms with Crippen LogP contribution in [0.25, 0.3) is 16.6 Å². The highest BCUT2D eigenvalue weighted by Gasteiger charge is 2.24. The summed E-state index contributed by atoms with van der Waals surface area (Å²) in [6, 6.07) is 15.1. The minimum Gasteiger partial charge on any atom is -0.478 e. The first-order valence-corrected chi connectivity index (χ1v) is 13.5. The van der Waals surface area contributed by atoms with E-state index in [2.05, 4.69) is 20.5 Å². The first-order valence-electron chi connectivity index (χ1n) is 13.5. The van der Waals surface area contributed by atoms with Crippen LogP contribution in [0.5, 0.6) is 5.88 Å². The maximum absolute atomic E-state index is 14.4. The van der Waals surface area contributed by atoms with Crippen molar-refractivity contribution < 1.29 is 23.8 Å². The Bertz CT molecular complexity index is 1690. The molecule has 208 valence electrons. The maximum Gasteiger partial charge on any atom is 0.335 e. The normalized spacial score (nSPS) is 17.1. The summed E-state index contributed by atoms with van der Waals surface area (Å²) in [5.74, 6) is -0.129. The lowest BCUT2D eigenvalue weighted by atomic mass is 10.0. The molecule has 0 amide bonds. The Kier molecular flexibility index (Phi) is 7.46. The van der Waals surface area contributed by atoms with Gasteiger partial charge in [0.15, 0.2) is 0 Å². The van der Waals surface area contributed by atoms with E-state index in [4.69, 9.17) is 19.7 Å². The molecule has 0 bridgehead atoms. The summed E-state index contributed by atoms with van der Waals surface area (Å²) in [4.78, 5) is 23.1. The molecule has 2 aliphatic rings. The summed E-state index contributed by atoms with van der Waals surface area (Å²) in [5.41, 5.74) is 4.41. The zero-order chi connectivity index (χ0) is 28.3. The Morgan fingerprint density at radius 1 is 1.24 bits per heavy atom. The molecule has 0 saturated carbocycles. The van der Waals surface area contributed by atoms with Crippen LogP contribution in [-0.2, 0) is 24.4 Å². The van der Waals surface area contributed by atoms with Crippen LogP contribution in [0, 0.1) is 17.1 Å². The molecule has 4 aromatic rings. The Morgan fingerprint density at radius 2 is 2.12 bits per heavy atom. The summed E-state index contributed by atoms with van der Waals surface area (Å²) in [6.45, 7) is 3.48. The van der Waals surface area contributed by atoms with Gasteiger partial charge in [0.25, 0.3) is 0 Å². The number of nitriles is 1. The van der Waals surface area contributed by atoms with Gasteiger partial charge in [0.1, 0.15) is 18.2 Å². The Hall–Kier alpha value is -4.59. The first kappa shape index (κ1) is 26.6. The third-order valence-corrected chi connectivity index (χ3v) is 7.58. The standard InChI is InChI=1S/C31H28FN5O4/c32-26-14-20(16-33)3-4-23(26)19-41-30-25(2-1-10-34-30)21-7-11-36(12-8-21)18-29-35-27-6-5-22(31(38)39)15-28(27)37(29)17-24-9-13-40-24/h1-7,10,14-15,24H,8-9,11-13,17-19H2,(H,38,39). The second-order valence-corrected chi connectivity index (χ2v) is 10.2. The first-order chi connectivity index (χ1) is 20.0. The number of rotatable bonds is 9. The number of carboxylic acid groups (broad SMARTS) is 1. The number of fused-ring (bicyclic) bond motifs is 1. The molecule has 2 aromatic carbocycles. The number of aromatic nitrogens is 3. The SMILES string of the molecule is N#Cc1ccc(COc2ncccc2C2=CCN(Cc3nc4ccc(C(=O)O)cc4n3CC3CCO3)CC2)c(F)c1. The van der Waals surface area contributed by atoms with Crippen molar-refractivity contribution in [2.24, 2.45) is 0 Å². The summed E-state index contributed by atoms with van der Waals surface area (Å²) in [6.07, 6.45) is 5.65. The summed E-state index contributed by atoms with van der Waals surface area (Å²) in [5, 5.41) is 18.5. The maximum atomic E-state index is 14.4. The molecule has 1 N–H and O–H groups in total. The number of benzene rings is 2. The van der Waals surface area contributed by atoms with Gasteiger partial charge >= 0.3 is 5.97 Å². The second-order valence-electron chi connectivity index (χ2n) is 10.2. The minimum atomic E-state index is -0.962. The summed E-state index contributed by atoms with van der Waals surface area (Å²) >= 11 is 0. The number of hydrogen-bond donors (Lipinski definition) is 1. The number of pyridine rings is 1. The predicted molar refractivity (Wildman–Crippen MR) is 149 cm³/mol. The van der Waals surface area contributed by atoms with Crippen molar-refractivity contribution >= 4 is 22.6 Å². The number of carboxylic acids is 1. The molecule has 1 fully saturated rings. The second kappa shape index (κ2) is 11.5. The fraction of sp³-hybridized carbons (Fsp3) is 0.290. The van der Waals surface area contributed by atoms with Crippen LogP contribution in [0.4, 0.5) is 4.39 Å². The van der Waals surface area contributed by atoms with Crippen LogP contribution in [-0.4, -0.2) is 56.3 Å². The van der Waals surface area contributed by atoms with Crippen LogP contribution in [0.2, 0.25) is 0 Å². The molecular weight excluding hydrogens is 525 g/mol. The monoisotopic (exact) mass is 553 g/mol. The topological polar surface area (TPSA) is 114 Å². The molecule has 0 spiro atoms. The van der Waals surface area contributed by atoms with Gasteiger partial charge in [0, 0.05) is 37.0 Å². The van der Waals surface area contributed by atoms with Crippen LogP contribution in [0.1, 0.15) is 45.7 Å². The molecule has 1 atom stereocenters. The van der Waals surface area contributed by atoms with Crippen LogP contribution >= 0.6 is 0 Å². The highest BCUT2D eigenvalue weighted by Crippen LogP contribution is 2.30. The van der Waals surface area contributed by atoms with Crippen molar-refractivity contribution in [3.05, 3.63) is 94.7 Å². The smallest absolute Gasteiger partial charge is 0.335 e. The van der Waals surface area contributed by atoms with E-state index in [9.17, 15) is 14.3 Å². The third-order valence-electron chi connectivity index (χ3n) is 7.58. The summed E-state index contributed by atoms with van der Waals surface area (Å²) in [7, 11) is 0. The number of ether oxygens (including phenoxy) is 2. The van der Waals surface area contributed by atoms with Gasteiger partial charge in [-0.3, -0.25) is 4.90 Å². The van der Waals surface area contributed by atoms with Gasteiger partial charge < -0.3 is 19.1 Å². The van der Waals surface area contributed by atoms with E-state index >= 15 is 0 Å². The lowest BCUT2D eigenvalue weighted by Gasteiger charge is -2.29. The third kappa shape index (κ3) is 5.68. The summed E-state index contributed by atoms with van der Waals surface area (Å²) < 4.78 is 28.1. The number of aromatic carboxylic acids is 1. The largest absolute Gasteiger partial charge is 0.478 e. The van der Waals surface area contributed by atoms with E-state index < -0.39 is 11.8 Å². The number of halogens is 1. The number of nitrogens with zero attached hydrogens (tertiary/aromatic N) is 5. The molecule has 6 rings (SSSR count). The van der Waals surface area contributed by atoms with Gasteiger partial charge in [-0.1, -0.05) is 12.1 Å². The van der Waals surface area contributed by atoms with Crippen molar-refractivity contribution in [3.63, 3.8) is 0 Å². The van der Waals surface area contributed by atoms with Crippen molar-refractivity contribution in [1.82, 2.24) is 19.4 Å². The van der Waals surface area contributed by atoms with Gasteiger partial charge in [0.2, 0.25) is 5.88 Å². The molecule has 41 heavy (non-hydrogen) atoms. The average Bonchev–Trinajstić information content (AvgIpc) is 3.30. The van der Waals surface area contributed by atoms with Crippen molar-refractivity contribution in [1.29, 1.82) is 5.26 Å². The Balaban J connectivity index is 1.18. The van der Waals surface area contributed by atoms with Gasteiger partial charge in [-0.15, -0.1) is 0 Å². The lowest BCUT2D eigenvalue weighted by Crippen LogP contribution is -2.33. The predicted octanol–water partition coefficient (Wildman–Crippen LogP) is 4.80. The van der Waals surface area contributed by atoms with Gasteiger partial charge in [-0.25, -0.2) is 19.2 Å². The van der Waals surface area contributed by atoms with Gasteiger partial charge in [-0.05, 0) is 60.9 Å². The molecule has 1 unspecified atom stereocenters. The lowest BCUT2D eigenvalue weighted by molar-refractivity contribution is -0.0591. The molecule has 4 heterocycles. The van der Waals surface area contributed by atoms with E-state index in [-0.39, 0.29) is 23.8 Å². The molecule has 9 nitrogen and oxygen atoms in total. The fourth-order valence-electron chi connectivity index (χ4n) is 5.19. The quantitative estimate of drug-likeness (QED) is 0.315. The van der Waals surface area contributed by atoms with Crippen molar-refractivity contribution in [2.45, 2.75) is 38.6 Å². The van der Waals surface area contributed by atoms with E-state index in [1.165, 1.54) is 6.07 Å². The molecular formula is C31H28FN5O4. The van der Waals surface area contributed by atoms with Crippen molar-refractivity contribution in [2.75, 3.05) is 19.7 Å². The highest BCUT2D eigenvalue weighted by atomic mass is 19.1. The Labute approximate surface area is 236 Å². The molecule has 0 radical (unpaired) electrons. The number of hydrogen-bond acceptors (Lipinski definition) is 7.